The van der Waals surface area contributed by atoms with Crippen LogP contribution in [0.4, 0.5) is 0 Å². The van der Waals surface area contributed by atoms with Gasteiger partial charge in [-0.05, 0) is 27.8 Å². The van der Waals surface area contributed by atoms with Crippen LogP contribution in [-0.2, 0) is 14.3 Å². The van der Waals surface area contributed by atoms with Crippen molar-refractivity contribution in [1.82, 2.24) is 10.6 Å². The van der Waals surface area contributed by atoms with Crippen molar-refractivity contribution < 1.29 is 14.3 Å². The van der Waals surface area contributed by atoms with Gasteiger partial charge in [0.1, 0.15) is 11.1 Å². The van der Waals surface area contributed by atoms with E-state index in [1.54, 1.807) is 7.05 Å². The maximum atomic E-state index is 10.7. The first kappa shape index (κ1) is 14.9. The summed E-state index contributed by atoms with van der Waals surface area (Å²) in [6.07, 6.45) is 0. The lowest BCUT2D eigenvalue weighted by Gasteiger charge is -2.39. The van der Waals surface area contributed by atoms with Crippen LogP contribution in [0.25, 0.3) is 0 Å². The molecule has 0 atom stereocenters. The molecule has 1 fully saturated rings. The number of carbonyl (C=O) groups is 2. The van der Waals surface area contributed by atoms with Crippen molar-refractivity contribution in [2.75, 3.05) is 20.1 Å². The van der Waals surface area contributed by atoms with Crippen LogP contribution in [0.3, 0.4) is 0 Å². The Labute approximate surface area is 95.9 Å². The van der Waals surface area contributed by atoms with E-state index in [1.165, 1.54) is 0 Å². The molecule has 0 unspecified atom stereocenters. The van der Waals surface area contributed by atoms with Crippen LogP contribution in [0.1, 0.15) is 20.8 Å². The summed E-state index contributed by atoms with van der Waals surface area (Å²) < 4.78 is 4.55. The zero-order valence-electron chi connectivity index (χ0n) is 10.3. The van der Waals surface area contributed by atoms with E-state index in [-0.39, 0.29) is 11.5 Å². The third-order valence-electron chi connectivity index (χ3n) is 2.21. The molecule has 1 amide bonds. The molecule has 1 heterocycles. The van der Waals surface area contributed by atoms with Gasteiger partial charge in [0.15, 0.2) is 0 Å². The minimum absolute atomic E-state index is 0.274. The first-order chi connectivity index (χ1) is 7.27. The van der Waals surface area contributed by atoms with Crippen LogP contribution in [-0.4, -0.2) is 43.7 Å². The zero-order chi connectivity index (χ0) is 12.8. The van der Waals surface area contributed by atoms with Crippen LogP contribution in [0.2, 0.25) is 0 Å². The Morgan fingerprint density at radius 2 is 2.00 bits per heavy atom. The number of ether oxygens (including phenoxy) is 1. The second kappa shape index (κ2) is 5.81. The van der Waals surface area contributed by atoms with Crippen LogP contribution >= 0.6 is 0 Å². The molecule has 0 aromatic heterocycles. The van der Waals surface area contributed by atoms with Crippen molar-refractivity contribution >= 4 is 12.4 Å². The van der Waals surface area contributed by atoms with Gasteiger partial charge in [-0.25, -0.2) is 0 Å². The maximum Gasteiger partial charge on any atom is 0.293 e. The van der Waals surface area contributed by atoms with Crippen LogP contribution in [0, 0.1) is 0 Å². The molecule has 6 nitrogen and oxygen atoms in total. The van der Waals surface area contributed by atoms with Crippen LogP contribution in [0.15, 0.2) is 0 Å². The average molecular weight is 231 g/mol. The van der Waals surface area contributed by atoms with Gasteiger partial charge >= 0.3 is 0 Å². The van der Waals surface area contributed by atoms with Crippen molar-refractivity contribution in [1.29, 1.82) is 0 Å². The number of likely N-dealkylation sites (N-methyl/N-ethyl adjacent to an activating group) is 1. The summed E-state index contributed by atoms with van der Waals surface area (Å²) in [5, 5.41) is 5.85. The molecule has 0 aliphatic carbocycles. The lowest BCUT2D eigenvalue weighted by Crippen LogP contribution is -2.73. The predicted octanol–water partition coefficient (Wildman–Crippen LogP) is -1.01. The first-order valence-corrected chi connectivity index (χ1v) is 5.08. The molecular weight excluding hydrogens is 210 g/mol. The molecule has 6 heteroatoms. The Kier molecular flexibility index (Phi) is 5.40. The number of primary amides is 1. The summed E-state index contributed by atoms with van der Waals surface area (Å²) in [7, 11) is 1.74. The van der Waals surface area contributed by atoms with Gasteiger partial charge in [0.25, 0.3) is 6.47 Å². The largest absolute Gasteiger partial charge is 0.462 e. The Balaban J connectivity index is 0.000000293. The number of rotatable bonds is 3. The highest BCUT2D eigenvalue weighted by molar-refractivity contribution is 5.86. The van der Waals surface area contributed by atoms with Gasteiger partial charge in [0.05, 0.1) is 0 Å². The standard InChI is InChI=1S/C5H11N3O.C5H10O2/c1-7-5(4(6)9)2-8-3-5;1-5(2,3)7-4-6/h7-8H,2-3H2,1H3,(H2,6,9);4H,1-3H3. The highest BCUT2D eigenvalue weighted by Crippen LogP contribution is 2.07. The van der Waals surface area contributed by atoms with Crippen LogP contribution in [0.5, 0.6) is 0 Å². The van der Waals surface area contributed by atoms with Crippen molar-refractivity contribution in [3.8, 4) is 0 Å². The molecule has 1 aliphatic heterocycles. The average Bonchev–Trinajstić information content (AvgIpc) is 2.00. The fourth-order valence-corrected chi connectivity index (χ4v) is 0.994. The van der Waals surface area contributed by atoms with E-state index < -0.39 is 5.54 Å². The molecule has 0 aromatic carbocycles. The molecule has 0 radical (unpaired) electrons. The molecule has 1 saturated heterocycles. The molecule has 0 saturated carbocycles. The van der Waals surface area contributed by atoms with Crippen LogP contribution < -0.4 is 16.4 Å². The minimum Gasteiger partial charge on any atom is -0.462 e. The van der Waals surface area contributed by atoms with Gasteiger partial charge in [-0.2, -0.15) is 0 Å². The summed E-state index contributed by atoms with van der Waals surface area (Å²) in [4.78, 5) is 20.3. The van der Waals surface area contributed by atoms with Crippen molar-refractivity contribution in [2.45, 2.75) is 31.9 Å². The van der Waals surface area contributed by atoms with Gasteiger partial charge in [-0.15, -0.1) is 0 Å². The summed E-state index contributed by atoms with van der Waals surface area (Å²) in [5.41, 5.74) is 4.33. The Bertz CT molecular complexity index is 239. The Hall–Kier alpha value is -1.14. The van der Waals surface area contributed by atoms with E-state index >= 15 is 0 Å². The van der Waals surface area contributed by atoms with Gasteiger partial charge in [-0.1, -0.05) is 0 Å². The normalized spacial score (nSPS) is 17.5. The molecule has 0 spiro atoms. The summed E-state index contributed by atoms with van der Waals surface area (Å²) in [5.74, 6) is -0.274. The molecule has 0 aromatic rings. The second-order valence-electron chi connectivity index (χ2n) is 4.63. The van der Waals surface area contributed by atoms with Gasteiger partial charge in [0, 0.05) is 13.1 Å². The fourth-order valence-electron chi connectivity index (χ4n) is 0.994. The molecule has 1 rings (SSSR count). The molecule has 0 bridgehead atoms. The van der Waals surface area contributed by atoms with Crippen molar-refractivity contribution in [2.24, 2.45) is 5.73 Å². The van der Waals surface area contributed by atoms with Gasteiger partial charge in [0.2, 0.25) is 5.91 Å². The first-order valence-electron chi connectivity index (χ1n) is 5.08. The highest BCUT2D eigenvalue weighted by Gasteiger charge is 2.40. The monoisotopic (exact) mass is 231 g/mol. The Morgan fingerprint density at radius 3 is 2.00 bits per heavy atom. The molecule has 94 valence electrons. The number of carbonyl (C=O) groups excluding carboxylic acids is 2. The smallest absolute Gasteiger partial charge is 0.293 e. The summed E-state index contributed by atoms with van der Waals surface area (Å²) in [6.45, 7) is 7.22. The highest BCUT2D eigenvalue weighted by atomic mass is 16.5. The maximum absolute atomic E-state index is 10.7. The minimum atomic E-state index is -0.458. The zero-order valence-corrected chi connectivity index (χ0v) is 10.3. The number of nitrogens with one attached hydrogen (secondary N) is 2. The Morgan fingerprint density at radius 1 is 1.50 bits per heavy atom. The number of hydrogen-bond donors (Lipinski definition) is 3. The second-order valence-corrected chi connectivity index (χ2v) is 4.63. The van der Waals surface area contributed by atoms with E-state index in [9.17, 15) is 9.59 Å². The molecule has 16 heavy (non-hydrogen) atoms. The molecular formula is C10H21N3O3. The van der Waals surface area contributed by atoms with Gasteiger partial charge in [-0.3, -0.25) is 9.59 Å². The van der Waals surface area contributed by atoms with Gasteiger partial charge < -0.3 is 21.1 Å². The van der Waals surface area contributed by atoms with E-state index in [0.29, 0.717) is 19.6 Å². The van der Waals surface area contributed by atoms with E-state index in [0.717, 1.165) is 0 Å². The third kappa shape index (κ3) is 4.59. The summed E-state index contributed by atoms with van der Waals surface area (Å²) >= 11 is 0. The van der Waals surface area contributed by atoms with E-state index in [1.807, 2.05) is 20.8 Å². The summed E-state index contributed by atoms with van der Waals surface area (Å²) in [6, 6.07) is 0. The van der Waals surface area contributed by atoms with Crippen molar-refractivity contribution in [3.05, 3.63) is 0 Å². The number of amides is 1. The fraction of sp³-hybridized carbons (Fsp3) is 0.800. The van der Waals surface area contributed by atoms with Crippen molar-refractivity contribution in [3.63, 3.8) is 0 Å². The lowest BCUT2D eigenvalue weighted by molar-refractivity contribution is -0.138. The lowest BCUT2D eigenvalue weighted by atomic mass is 9.92. The predicted molar refractivity (Wildman–Crippen MR) is 60.8 cm³/mol. The molecule has 4 N–H and O–H groups in total. The number of nitrogens with two attached hydrogens (primary N) is 1. The topological polar surface area (TPSA) is 93.4 Å². The molecule has 1 aliphatic rings. The SMILES string of the molecule is CC(C)(C)OC=O.CNC1(C(N)=O)CNC1. The number of hydrogen-bond acceptors (Lipinski definition) is 5. The third-order valence-corrected chi connectivity index (χ3v) is 2.21. The van der Waals surface area contributed by atoms with E-state index in [4.69, 9.17) is 5.73 Å². The van der Waals surface area contributed by atoms with E-state index in [2.05, 4.69) is 15.4 Å². The quantitative estimate of drug-likeness (QED) is 0.541.